The third-order valence-corrected chi connectivity index (χ3v) is 9.98. The van der Waals surface area contributed by atoms with Crippen molar-refractivity contribution in [3.8, 4) is 0 Å². The average molecular weight is 620 g/mol. The Kier molecular flexibility index (Phi) is 9.00. The standard InChI is InChI=1S/2C7H8ClN3O4S2.Mg/c2*8-4-1-5-7(2-6(4)16(9,12)13)17(14,15)11-3-10-5;/h2*1-2,10-11H,3H2,(H2,9,12,13);/q;;+2. The van der Waals surface area contributed by atoms with Gasteiger partial charge in [-0.15, -0.1) is 0 Å². The summed E-state index contributed by atoms with van der Waals surface area (Å²) >= 11 is 11.4. The summed E-state index contributed by atoms with van der Waals surface area (Å²) in [6, 6.07) is 4.30. The molecule has 2 aliphatic heterocycles. The first-order chi connectivity index (χ1) is 15.4. The molecule has 0 spiro atoms. The van der Waals surface area contributed by atoms with Crippen LogP contribution in [0.2, 0.25) is 10.0 Å². The van der Waals surface area contributed by atoms with Gasteiger partial charge in [-0.25, -0.2) is 43.9 Å². The molecule has 2 heterocycles. The van der Waals surface area contributed by atoms with Gasteiger partial charge in [-0.2, -0.15) is 9.44 Å². The fourth-order valence-electron chi connectivity index (χ4n) is 2.83. The predicted molar refractivity (Wildman–Crippen MR) is 129 cm³/mol. The molecule has 0 saturated heterocycles. The van der Waals surface area contributed by atoms with Gasteiger partial charge in [0.15, 0.2) is 0 Å². The molecule has 0 unspecified atom stereocenters. The molecule has 0 saturated carbocycles. The summed E-state index contributed by atoms with van der Waals surface area (Å²) in [5.74, 6) is 0. The van der Waals surface area contributed by atoms with Crippen molar-refractivity contribution in [3.63, 3.8) is 0 Å². The Labute approximate surface area is 227 Å². The van der Waals surface area contributed by atoms with Crippen LogP contribution in [0.4, 0.5) is 11.4 Å². The van der Waals surface area contributed by atoms with Crippen LogP contribution >= 0.6 is 23.2 Å². The summed E-state index contributed by atoms with van der Waals surface area (Å²) in [5, 5.41) is 15.1. The van der Waals surface area contributed by atoms with E-state index in [0.717, 1.165) is 12.1 Å². The van der Waals surface area contributed by atoms with Gasteiger partial charge in [-0.1, -0.05) is 23.2 Å². The van der Waals surface area contributed by atoms with Crippen molar-refractivity contribution in [2.24, 2.45) is 10.3 Å². The summed E-state index contributed by atoms with van der Waals surface area (Å²) < 4.78 is 95.8. The Bertz CT molecular complexity index is 1490. The van der Waals surface area contributed by atoms with Gasteiger partial charge in [0.1, 0.15) is 19.6 Å². The van der Waals surface area contributed by atoms with Crippen LogP contribution < -0.4 is 30.4 Å². The number of halogens is 2. The number of nitrogens with one attached hydrogen (secondary N) is 4. The number of sulfonamides is 4. The van der Waals surface area contributed by atoms with Gasteiger partial charge in [0.2, 0.25) is 40.1 Å². The Hall–Kier alpha value is -0.974. The topological polar surface area (TPSA) is 237 Å². The van der Waals surface area contributed by atoms with Crippen molar-refractivity contribution in [2.75, 3.05) is 24.0 Å². The SMILES string of the molecule is NS(=O)(=O)c1cc2c(cc1Cl)NCNS2(=O)=O.NS(=O)(=O)c1cc2c(cc1Cl)NCNS2(=O)=O.[Mg+2]. The van der Waals surface area contributed by atoms with E-state index in [1.807, 2.05) is 0 Å². The van der Waals surface area contributed by atoms with E-state index in [9.17, 15) is 33.7 Å². The van der Waals surface area contributed by atoms with Crippen LogP contribution in [0.3, 0.4) is 0 Å². The second-order valence-corrected chi connectivity index (χ2v) is 14.0. The van der Waals surface area contributed by atoms with Crippen LogP contribution in [0.25, 0.3) is 0 Å². The molecule has 8 N–H and O–H groups in total. The molecule has 2 aromatic rings. The molecule has 4 rings (SSSR count). The fourth-order valence-corrected chi connectivity index (χ4v) is 7.40. The van der Waals surface area contributed by atoms with E-state index >= 15 is 0 Å². The molecule has 0 bridgehead atoms. The van der Waals surface area contributed by atoms with E-state index in [1.54, 1.807) is 0 Å². The minimum absolute atomic E-state index is 0. The fraction of sp³-hybridized carbons (Fsp3) is 0.143. The van der Waals surface area contributed by atoms with Crippen LogP contribution in [0.1, 0.15) is 0 Å². The van der Waals surface area contributed by atoms with Crippen molar-refractivity contribution >= 4 is 97.7 Å². The van der Waals surface area contributed by atoms with Crippen molar-refractivity contribution in [2.45, 2.75) is 19.6 Å². The number of fused-ring (bicyclic) bond motifs is 2. The zero-order valence-corrected chi connectivity index (χ0v) is 23.4. The molecule has 2 aliphatic rings. The zero-order valence-electron chi connectivity index (χ0n) is 17.2. The smallest absolute Gasteiger partial charge is 0.370 e. The Morgan fingerprint density at radius 2 is 1.00 bits per heavy atom. The van der Waals surface area contributed by atoms with E-state index in [-0.39, 0.29) is 67.6 Å². The van der Waals surface area contributed by atoms with Gasteiger partial charge in [0.05, 0.1) is 34.8 Å². The molecule has 0 fully saturated rings. The quantitative estimate of drug-likeness (QED) is 0.222. The van der Waals surface area contributed by atoms with E-state index in [2.05, 4.69) is 20.1 Å². The Morgan fingerprint density at radius 1 is 0.686 bits per heavy atom. The number of benzene rings is 2. The second kappa shape index (κ2) is 10.4. The minimum Gasteiger partial charge on any atom is -0.370 e. The molecule has 0 atom stereocenters. The van der Waals surface area contributed by atoms with Gasteiger partial charge in [-0.05, 0) is 24.3 Å². The van der Waals surface area contributed by atoms with Crippen molar-refractivity contribution in [1.82, 2.24) is 9.44 Å². The summed E-state index contributed by atoms with van der Waals surface area (Å²) in [4.78, 5) is -1.24. The number of hydrogen-bond acceptors (Lipinski definition) is 10. The third kappa shape index (κ3) is 6.67. The molecule has 14 nitrogen and oxygen atoms in total. The number of nitrogens with two attached hydrogens (primary N) is 2. The molecule has 0 radical (unpaired) electrons. The maximum atomic E-state index is 11.6. The van der Waals surface area contributed by atoms with Crippen LogP contribution in [0.5, 0.6) is 0 Å². The van der Waals surface area contributed by atoms with Crippen LogP contribution in [-0.2, 0) is 40.1 Å². The van der Waals surface area contributed by atoms with Gasteiger partial charge in [0.25, 0.3) is 0 Å². The number of primary sulfonamides is 2. The van der Waals surface area contributed by atoms with Gasteiger partial charge in [0, 0.05) is 0 Å². The molecular weight excluding hydrogens is 604 g/mol. The molecule has 21 heteroatoms. The zero-order chi connectivity index (χ0) is 25.7. The second-order valence-electron chi connectivity index (χ2n) is 6.65. The number of rotatable bonds is 2. The normalized spacial score (nSPS) is 17.7. The van der Waals surface area contributed by atoms with Gasteiger partial charge >= 0.3 is 23.1 Å². The van der Waals surface area contributed by atoms with Crippen molar-refractivity contribution < 1.29 is 33.7 Å². The molecule has 35 heavy (non-hydrogen) atoms. The van der Waals surface area contributed by atoms with Gasteiger partial charge in [-0.3, -0.25) is 0 Å². The van der Waals surface area contributed by atoms with E-state index in [1.165, 1.54) is 12.1 Å². The van der Waals surface area contributed by atoms with Crippen LogP contribution in [0.15, 0.2) is 43.8 Å². The molecule has 0 amide bonds. The minimum atomic E-state index is -4.07. The first kappa shape index (κ1) is 30.3. The first-order valence-corrected chi connectivity index (χ1v) is 15.4. The Balaban J connectivity index is 0.000000240. The summed E-state index contributed by atoms with van der Waals surface area (Å²) in [7, 11) is -15.6. The number of hydrogen-bond donors (Lipinski definition) is 6. The van der Waals surface area contributed by atoms with E-state index in [4.69, 9.17) is 33.5 Å². The van der Waals surface area contributed by atoms with Crippen LogP contribution in [-0.4, -0.2) is 70.1 Å². The maximum Gasteiger partial charge on any atom is 2.00 e. The average Bonchev–Trinajstić information content (AvgIpc) is 2.65. The third-order valence-electron chi connectivity index (χ3n) is 4.34. The monoisotopic (exact) mass is 618 g/mol. The van der Waals surface area contributed by atoms with Crippen molar-refractivity contribution in [3.05, 3.63) is 34.3 Å². The van der Waals surface area contributed by atoms with Gasteiger partial charge < -0.3 is 10.6 Å². The predicted octanol–water partition coefficient (Wildman–Crippen LogP) is -1.08. The van der Waals surface area contributed by atoms with E-state index < -0.39 is 49.9 Å². The molecule has 0 aromatic heterocycles. The molecular formula is C14H16Cl2MgN6O8S4+2. The van der Waals surface area contributed by atoms with Crippen LogP contribution in [0, 0.1) is 0 Å². The van der Waals surface area contributed by atoms with Crippen molar-refractivity contribution in [1.29, 1.82) is 0 Å². The molecule has 2 aromatic carbocycles. The Morgan fingerprint density at radius 3 is 1.29 bits per heavy atom. The maximum absolute atomic E-state index is 11.6. The first-order valence-electron chi connectivity index (χ1n) is 8.63. The molecule has 0 aliphatic carbocycles. The summed E-state index contributed by atoms with van der Waals surface area (Å²) in [6.07, 6.45) is 0. The summed E-state index contributed by atoms with van der Waals surface area (Å²) in [5.41, 5.74) is 0.474. The number of anilines is 2. The van der Waals surface area contributed by atoms with E-state index in [0.29, 0.717) is 0 Å². The molecule has 188 valence electrons. The largest absolute Gasteiger partial charge is 2.00 e. The summed E-state index contributed by atoms with van der Waals surface area (Å²) in [6.45, 7) is 0.0285.